The van der Waals surface area contributed by atoms with Gasteiger partial charge in [0, 0.05) is 37.7 Å². The highest BCUT2D eigenvalue weighted by Crippen LogP contribution is 2.33. The number of hydrogen-bond acceptors (Lipinski definition) is 2. The van der Waals surface area contributed by atoms with Crippen LogP contribution in [0.1, 0.15) is 5.56 Å². The molecule has 0 aliphatic heterocycles. The minimum Gasteiger partial charge on any atom is -0.379 e. The number of halogens is 1. The van der Waals surface area contributed by atoms with Gasteiger partial charge in [-0.3, -0.25) is 0 Å². The van der Waals surface area contributed by atoms with Crippen LogP contribution in [-0.2, 0) is 6.54 Å². The van der Waals surface area contributed by atoms with Gasteiger partial charge in [0.1, 0.15) is 0 Å². The lowest BCUT2D eigenvalue weighted by Crippen LogP contribution is -2.12. The monoisotopic (exact) mass is 299 g/mol. The van der Waals surface area contributed by atoms with E-state index in [0.29, 0.717) is 0 Å². The van der Waals surface area contributed by atoms with Crippen LogP contribution in [0.5, 0.6) is 0 Å². The Balaban J connectivity index is 1.87. The molecule has 21 heavy (non-hydrogen) atoms. The second-order valence-electron chi connectivity index (χ2n) is 5.24. The van der Waals surface area contributed by atoms with Gasteiger partial charge in [-0.05, 0) is 23.8 Å². The summed E-state index contributed by atoms with van der Waals surface area (Å²) in [6.45, 7) is 0.755. The summed E-state index contributed by atoms with van der Waals surface area (Å²) in [6.07, 6.45) is 2.05. The van der Waals surface area contributed by atoms with E-state index in [-0.39, 0.29) is 0 Å². The Morgan fingerprint density at radius 2 is 1.90 bits per heavy atom. The number of para-hydroxylation sites is 2. The molecule has 1 aromatic heterocycles. The molecule has 0 aliphatic rings. The minimum absolute atomic E-state index is 0.754. The van der Waals surface area contributed by atoms with Crippen LogP contribution in [-0.4, -0.2) is 19.1 Å². The fraction of sp³-hybridized carbons (Fsp3) is 0.176. The van der Waals surface area contributed by atoms with E-state index < -0.39 is 0 Å². The summed E-state index contributed by atoms with van der Waals surface area (Å²) < 4.78 is 0. The average Bonchev–Trinajstić information content (AvgIpc) is 2.88. The minimum atomic E-state index is 0.754. The molecule has 0 aliphatic carbocycles. The standard InChI is InChI=1S/C17H18ClN3/c1-21(2)17-14(18)7-5-9-16(17)20-11-12-10-19-15-8-4-3-6-13(12)15/h3-10,19-20H,11H2,1-2H3. The van der Waals surface area contributed by atoms with E-state index in [0.717, 1.165) is 28.5 Å². The van der Waals surface area contributed by atoms with Gasteiger partial charge in [0.2, 0.25) is 0 Å². The molecule has 0 unspecified atom stereocenters. The van der Waals surface area contributed by atoms with Gasteiger partial charge in [0.25, 0.3) is 0 Å². The highest BCUT2D eigenvalue weighted by atomic mass is 35.5. The van der Waals surface area contributed by atoms with E-state index in [1.165, 1.54) is 10.9 Å². The predicted octanol–water partition coefficient (Wildman–Crippen LogP) is 4.50. The van der Waals surface area contributed by atoms with Gasteiger partial charge in [0.15, 0.2) is 0 Å². The number of aromatic nitrogens is 1. The van der Waals surface area contributed by atoms with E-state index in [4.69, 9.17) is 11.6 Å². The number of aromatic amines is 1. The number of nitrogens with one attached hydrogen (secondary N) is 2. The van der Waals surface area contributed by atoms with Crippen LogP contribution in [0.25, 0.3) is 10.9 Å². The lowest BCUT2D eigenvalue weighted by Gasteiger charge is -2.20. The van der Waals surface area contributed by atoms with E-state index in [2.05, 4.69) is 40.8 Å². The first-order valence-corrected chi connectivity index (χ1v) is 7.29. The largest absolute Gasteiger partial charge is 0.379 e. The van der Waals surface area contributed by atoms with Crippen LogP contribution < -0.4 is 10.2 Å². The topological polar surface area (TPSA) is 31.1 Å². The summed E-state index contributed by atoms with van der Waals surface area (Å²) in [4.78, 5) is 5.32. The Morgan fingerprint density at radius 1 is 1.10 bits per heavy atom. The highest BCUT2D eigenvalue weighted by molar-refractivity contribution is 6.34. The first-order valence-electron chi connectivity index (χ1n) is 6.91. The normalized spacial score (nSPS) is 10.8. The van der Waals surface area contributed by atoms with Crippen LogP contribution in [0, 0.1) is 0 Å². The van der Waals surface area contributed by atoms with Crippen LogP contribution >= 0.6 is 11.6 Å². The molecule has 2 N–H and O–H groups in total. The van der Waals surface area contributed by atoms with Gasteiger partial charge in [0.05, 0.1) is 16.4 Å². The van der Waals surface area contributed by atoms with E-state index in [1.54, 1.807) is 0 Å². The molecule has 0 amide bonds. The van der Waals surface area contributed by atoms with Crippen molar-refractivity contribution in [3.05, 3.63) is 59.2 Å². The fourth-order valence-corrected chi connectivity index (χ4v) is 2.92. The third kappa shape index (κ3) is 2.69. The van der Waals surface area contributed by atoms with Crippen molar-refractivity contribution in [3.8, 4) is 0 Å². The number of rotatable bonds is 4. The summed E-state index contributed by atoms with van der Waals surface area (Å²) in [5, 5.41) is 5.49. The molecule has 3 nitrogen and oxygen atoms in total. The van der Waals surface area contributed by atoms with Gasteiger partial charge in [-0.1, -0.05) is 35.9 Å². The summed E-state index contributed by atoms with van der Waals surface area (Å²) >= 11 is 6.29. The van der Waals surface area contributed by atoms with Crippen molar-refractivity contribution in [2.75, 3.05) is 24.3 Å². The number of anilines is 2. The first kappa shape index (κ1) is 13.8. The van der Waals surface area contributed by atoms with Crippen molar-refractivity contribution in [1.82, 2.24) is 4.98 Å². The van der Waals surface area contributed by atoms with Gasteiger partial charge >= 0.3 is 0 Å². The molecule has 2 aromatic carbocycles. The third-order valence-electron chi connectivity index (χ3n) is 3.58. The van der Waals surface area contributed by atoms with Gasteiger partial charge in [-0.25, -0.2) is 0 Å². The Hall–Kier alpha value is -2.13. The van der Waals surface area contributed by atoms with Crippen molar-refractivity contribution >= 4 is 33.9 Å². The molecule has 0 saturated carbocycles. The molecule has 0 atom stereocenters. The molecule has 1 heterocycles. The van der Waals surface area contributed by atoms with Gasteiger partial charge in [-0.15, -0.1) is 0 Å². The molecule has 0 spiro atoms. The molecule has 0 fully saturated rings. The molecule has 4 heteroatoms. The lowest BCUT2D eigenvalue weighted by molar-refractivity contribution is 1.10. The highest BCUT2D eigenvalue weighted by Gasteiger charge is 2.09. The zero-order valence-corrected chi connectivity index (χ0v) is 12.9. The number of benzene rings is 2. The van der Waals surface area contributed by atoms with Crippen LogP contribution in [0.15, 0.2) is 48.7 Å². The number of nitrogens with zero attached hydrogens (tertiary/aromatic N) is 1. The van der Waals surface area contributed by atoms with E-state index in [1.807, 2.05) is 37.2 Å². The molecule has 0 saturated heterocycles. The second-order valence-corrected chi connectivity index (χ2v) is 5.65. The molecule has 3 rings (SSSR count). The maximum absolute atomic E-state index is 6.29. The number of fused-ring (bicyclic) bond motifs is 1. The van der Waals surface area contributed by atoms with Crippen molar-refractivity contribution in [2.45, 2.75) is 6.54 Å². The lowest BCUT2D eigenvalue weighted by atomic mass is 10.1. The predicted molar refractivity (Wildman–Crippen MR) is 91.4 cm³/mol. The summed E-state index contributed by atoms with van der Waals surface area (Å²) in [7, 11) is 4.00. The maximum atomic E-state index is 6.29. The zero-order chi connectivity index (χ0) is 14.8. The Labute approximate surface area is 129 Å². The van der Waals surface area contributed by atoms with Crippen molar-refractivity contribution in [1.29, 1.82) is 0 Å². The zero-order valence-electron chi connectivity index (χ0n) is 12.2. The van der Waals surface area contributed by atoms with E-state index >= 15 is 0 Å². The Morgan fingerprint density at radius 3 is 2.71 bits per heavy atom. The maximum Gasteiger partial charge on any atom is 0.0786 e. The molecule has 0 bridgehead atoms. The second kappa shape index (κ2) is 5.70. The molecular formula is C17H18ClN3. The van der Waals surface area contributed by atoms with Crippen LogP contribution in [0.3, 0.4) is 0 Å². The Kier molecular flexibility index (Phi) is 3.76. The molecular weight excluding hydrogens is 282 g/mol. The van der Waals surface area contributed by atoms with Crippen molar-refractivity contribution < 1.29 is 0 Å². The van der Waals surface area contributed by atoms with Crippen molar-refractivity contribution in [3.63, 3.8) is 0 Å². The quantitative estimate of drug-likeness (QED) is 0.743. The molecule has 108 valence electrons. The Bertz CT molecular complexity index is 762. The number of H-pyrrole nitrogens is 1. The van der Waals surface area contributed by atoms with E-state index in [9.17, 15) is 0 Å². The summed E-state index contributed by atoms with van der Waals surface area (Å²) in [5.41, 5.74) is 4.46. The smallest absolute Gasteiger partial charge is 0.0786 e. The van der Waals surface area contributed by atoms with Crippen LogP contribution in [0.2, 0.25) is 5.02 Å². The van der Waals surface area contributed by atoms with Gasteiger partial charge < -0.3 is 15.2 Å². The number of hydrogen-bond donors (Lipinski definition) is 2. The van der Waals surface area contributed by atoms with Gasteiger partial charge in [-0.2, -0.15) is 0 Å². The fourth-order valence-electron chi connectivity index (χ4n) is 2.58. The summed E-state index contributed by atoms with van der Waals surface area (Å²) in [6, 6.07) is 14.2. The average molecular weight is 300 g/mol. The molecule has 0 radical (unpaired) electrons. The van der Waals surface area contributed by atoms with Crippen molar-refractivity contribution in [2.24, 2.45) is 0 Å². The van der Waals surface area contributed by atoms with Crippen LogP contribution in [0.4, 0.5) is 11.4 Å². The molecule has 3 aromatic rings. The SMILES string of the molecule is CN(C)c1c(Cl)cccc1NCc1c[nH]c2ccccc12. The first-order chi connectivity index (χ1) is 10.2. The summed E-state index contributed by atoms with van der Waals surface area (Å²) in [5.74, 6) is 0. The third-order valence-corrected chi connectivity index (χ3v) is 3.88.